The number of carbonyl (C=O) groups excluding carboxylic acids is 1. The van der Waals surface area contributed by atoms with E-state index in [0.717, 1.165) is 25.7 Å². The van der Waals surface area contributed by atoms with E-state index >= 15 is 0 Å². The third-order valence-electron chi connectivity index (χ3n) is 6.41. The smallest absolute Gasteiger partial charge is 0.311 e. The minimum Gasteiger partial charge on any atom is -0.466 e. The molecule has 2 bridgehead atoms. The van der Waals surface area contributed by atoms with Gasteiger partial charge in [0.2, 0.25) is 5.28 Å². The average molecular weight is 442 g/mol. The maximum atomic E-state index is 12.7. The van der Waals surface area contributed by atoms with E-state index < -0.39 is 0 Å². The predicted octanol–water partition coefficient (Wildman–Crippen LogP) is 5.43. The number of hydrogen-bond acceptors (Lipinski definition) is 7. The van der Waals surface area contributed by atoms with Crippen molar-refractivity contribution in [3.8, 4) is 23.0 Å². The van der Waals surface area contributed by atoms with Crippen LogP contribution in [0.3, 0.4) is 0 Å². The molecule has 6 rings (SSSR count). The van der Waals surface area contributed by atoms with Crippen LogP contribution in [0.1, 0.15) is 32.6 Å². The Kier molecular flexibility index (Phi) is 5.44. The minimum atomic E-state index is -0.168. The van der Waals surface area contributed by atoms with E-state index in [1.807, 2.05) is 25.1 Å². The molecule has 7 nitrogen and oxygen atoms in total. The van der Waals surface area contributed by atoms with Gasteiger partial charge < -0.3 is 18.9 Å². The van der Waals surface area contributed by atoms with Gasteiger partial charge in [0.05, 0.1) is 18.8 Å². The molecule has 162 valence electrons. The van der Waals surface area contributed by atoms with E-state index in [2.05, 4.69) is 15.3 Å². The lowest BCUT2D eigenvalue weighted by atomic mass is 9.61. The molecule has 0 aromatic carbocycles. The molecular weight excluding hydrogens is 418 g/mol. The predicted molar refractivity (Wildman–Crippen MR) is 115 cm³/mol. The fourth-order valence-corrected chi connectivity index (χ4v) is 5.23. The standard InChI is InChI=1S/C23H24ClN3O4/c1-2-29-22(28)20-13-5-7-14(8-6-13)21(20)26-19-12-15(25-23(24)27-19)16-9-10-18(31-16)17-4-3-11-30-17/h3-4,9-14,20-21H,2,5-8H2,1H3,(H,25,26,27)/t13?,14?,20-,21-/m0/s1. The Labute approximate surface area is 185 Å². The Hall–Kier alpha value is -2.80. The summed E-state index contributed by atoms with van der Waals surface area (Å²) < 4.78 is 16.7. The van der Waals surface area contributed by atoms with E-state index in [4.69, 9.17) is 25.2 Å². The van der Waals surface area contributed by atoms with Crippen LogP contribution in [-0.2, 0) is 9.53 Å². The van der Waals surface area contributed by atoms with Gasteiger partial charge in [-0.15, -0.1) is 0 Å². The van der Waals surface area contributed by atoms with E-state index in [1.165, 1.54) is 0 Å². The molecule has 3 aromatic rings. The number of anilines is 1. The van der Waals surface area contributed by atoms with Gasteiger partial charge in [-0.3, -0.25) is 4.79 Å². The van der Waals surface area contributed by atoms with Crippen LogP contribution in [0.25, 0.3) is 23.0 Å². The molecule has 0 saturated heterocycles. The topological polar surface area (TPSA) is 90.4 Å². The second-order valence-electron chi connectivity index (χ2n) is 8.17. The Morgan fingerprint density at radius 3 is 2.65 bits per heavy atom. The number of furan rings is 2. The van der Waals surface area contributed by atoms with Crippen molar-refractivity contribution < 1.29 is 18.4 Å². The van der Waals surface area contributed by atoms with Crippen LogP contribution in [0.4, 0.5) is 5.82 Å². The minimum absolute atomic E-state index is 0.0272. The van der Waals surface area contributed by atoms with Crippen LogP contribution < -0.4 is 5.32 Å². The molecule has 3 heterocycles. The molecular formula is C23H24ClN3O4. The lowest BCUT2D eigenvalue weighted by molar-refractivity contribution is -0.154. The molecule has 3 aliphatic carbocycles. The van der Waals surface area contributed by atoms with Crippen molar-refractivity contribution in [2.24, 2.45) is 17.8 Å². The summed E-state index contributed by atoms with van der Waals surface area (Å²) in [6.07, 6.45) is 5.95. The van der Waals surface area contributed by atoms with Crippen LogP contribution in [0, 0.1) is 17.8 Å². The summed E-state index contributed by atoms with van der Waals surface area (Å²) in [4.78, 5) is 21.4. The quantitative estimate of drug-likeness (QED) is 0.402. The van der Waals surface area contributed by atoms with Crippen molar-refractivity contribution in [2.75, 3.05) is 11.9 Å². The first-order valence-corrected chi connectivity index (χ1v) is 11.1. The Morgan fingerprint density at radius 2 is 1.90 bits per heavy atom. The van der Waals surface area contributed by atoms with Crippen molar-refractivity contribution in [1.29, 1.82) is 0 Å². The van der Waals surface area contributed by atoms with E-state index in [0.29, 0.717) is 47.2 Å². The highest BCUT2D eigenvalue weighted by atomic mass is 35.5. The highest BCUT2D eigenvalue weighted by Crippen LogP contribution is 2.46. The van der Waals surface area contributed by atoms with E-state index in [-0.39, 0.29) is 23.2 Å². The van der Waals surface area contributed by atoms with Crippen molar-refractivity contribution in [2.45, 2.75) is 38.6 Å². The third kappa shape index (κ3) is 3.94. The number of rotatable bonds is 6. The van der Waals surface area contributed by atoms with Gasteiger partial charge in [0.15, 0.2) is 17.3 Å². The van der Waals surface area contributed by atoms with Crippen molar-refractivity contribution in [3.05, 3.63) is 41.9 Å². The van der Waals surface area contributed by atoms with Crippen LogP contribution in [0.2, 0.25) is 5.28 Å². The van der Waals surface area contributed by atoms with Crippen LogP contribution in [0.5, 0.6) is 0 Å². The number of ether oxygens (including phenoxy) is 1. The van der Waals surface area contributed by atoms with Crippen LogP contribution in [0.15, 0.2) is 45.4 Å². The van der Waals surface area contributed by atoms with Crippen molar-refractivity contribution in [1.82, 2.24) is 9.97 Å². The second-order valence-corrected chi connectivity index (χ2v) is 8.51. The molecule has 2 atom stereocenters. The molecule has 31 heavy (non-hydrogen) atoms. The molecule has 1 N–H and O–H groups in total. The van der Waals surface area contributed by atoms with Gasteiger partial charge >= 0.3 is 5.97 Å². The zero-order valence-corrected chi connectivity index (χ0v) is 18.0. The third-order valence-corrected chi connectivity index (χ3v) is 6.58. The fourth-order valence-electron chi connectivity index (χ4n) is 5.05. The fraction of sp³-hybridized carbons (Fsp3) is 0.435. The van der Waals surface area contributed by atoms with Gasteiger partial charge in [-0.1, -0.05) is 0 Å². The number of fused-ring (bicyclic) bond motifs is 3. The molecule has 0 spiro atoms. The summed E-state index contributed by atoms with van der Waals surface area (Å²) in [5, 5.41) is 3.61. The van der Waals surface area contributed by atoms with Crippen LogP contribution in [-0.4, -0.2) is 28.6 Å². The molecule has 8 heteroatoms. The lowest BCUT2D eigenvalue weighted by Gasteiger charge is -2.47. The maximum absolute atomic E-state index is 12.7. The van der Waals surface area contributed by atoms with Crippen molar-refractivity contribution >= 4 is 23.4 Å². The largest absolute Gasteiger partial charge is 0.466 e. The zero-order chi connectivity index (χ0) is 21.4. The van der Waals surface area contributed by atoms with E-state index in [1.54, 1.807) is 18.4 Å². The Bertz CT molecular complexity index is 1060. The first-order valence-electron chi connectivity index (χ1n) is 10.7. The Balaban J connectivity index is 1.42. The molecule has 3 fully saturated rings. The average Bonchev–Trinajstić information content (AvgIpc) is 3.46. The van der Waals surface area contributed by atoms with Gasteiger partial charge in [-0.2, -0.15) is 0 Å². The van der Waals surface area contributed by atoms with Gasteiger partial charge in [-0.05, 0) is 80.3 Å². The monoisotopic (exact) mass is 441 g/mol. The summed E-state index contributed by atoms with van der Waals surface area (Å²) in [5.74, 6) is 2.85. The van der Waals surface area contributed by atoms with Gasteiger partial charge in [0, 0.05) is 12.1 Å². The molecule has 0 radical (unpaired) electrons. The van der Waals surface area contributed by atoms with E-state index in [9.17, 15) is 4.79 Å². The van der Waals surface area contributed by atoms with Gasteiger partial charge in [0.25, 0.3) is 0 Å². The SMILES string of the molecule is CCOC(=O)[C@H]1C2CCC(CC2)[C@@H]1Nc1cc(-c2ccc(-c3ccco3)o2)nc(Cl)n1. The number of nitrogens with zero attached hydrogens (tertiary/aromatic N) is 2. The highest BCUT2D eigenvalue weighted by Gasteiger charge is 2.48. The van der Waals surface area contributed by atoms with Gasteiger partial charge in [0.1, 0.15) is 11.5 Å². The number of halogens is 1. The van der Waals surface area contributed by atoms with Gasteiger partial charge in [-0.25, -0.2) is 9.97 Å². The summed E-state index contributed by atoms with van der Waals surface area (Å²) in [5.41, 5.74) is 0.564. The lowest BCUT2D eigenvalue weighted by Crippen LogP contribution is -2.52. The van der Waals surface area contributed by atoms with Crippen molar-refractivity contribution in [3.63, 3.8) is 0 Å². The molecule has 3 aliphatic rings. The first-order chi connectivity index (χ1) is 15.1. The molecule has 0 unspecified atom stereocenters. The number of hydrogen-bond donors (Lipinski definition) is 1. The number of esters is 1. The summed E-state index contributed by atoms with van der Waals surface area (Å²) in [6, 6.07) is 9.06. The number of carbonyl (C=O) groups is 1. The first kappa shape index (κ1) is 20.1. The molecule has 3 aromatic heterocycles. The highest BCUT2D eigenvalue weighted by molar-refractivity contribution is 6.28. The zero-order valence-electron chi connectivity index (χ0n) is 17.2. The summed E-state index contributed by atoms with van der Waals surface area (Å²) in [7, 11) is 0. The second kappa shape index (κ2) is 8.38. The normalized spacial score (nSPS) is 24.8. The van der Waals surface area contributed by atoms with Crippen LogP contribution >= 0.6 is 11.6 Å². The maximum Gasteiger partial charge on any atom is 0.311 e. The summed E-state index contributed by atoms with van der Waals surface area (Å²) >= 11 is 6.24. The number of nitrogens with one attached hydrogen (secondary N) is 1. The Morgan fingerprint density at radius 1 is 1.13 bits per heavy atom. The molecule has 3 saturated carbocycles. The summed E-state index contributed by atoms with van der Waals surface area (Å²) in [6.45, 7) is 2.23. The molecule has 0 amide bonds. The molecule has 0 aliphatic heterocycles. The number of aromatic nitrogens is 2.